The molecule has 3 aromatic rings. The lowest BCUT2D eigenvalue weighted by molar-refractivity contribution is -0.127. The molecule has 9 nitrogen and oxygen atoms in total. The molecule has 2 aromatic carbocycles. The second-order valence-corrected chi connectivity index (χ2v) is 7.70. The average molecular weight is 434 g/mol. The smallest absolute Gasteiger partial charge is 0.405 e. The van der Waals surface area contributed by atoms with Gasteiger partial charge in [-0.05, 0) is 36.8 Å². The summed E-state index contributed by atoms with van der Waals surface area (Å²) in [5.41, 5.74) is 2.07. The third-order valence-corrected chi connectivity index (χ3v) is 5.31. The zero-order valence-corrected chi connectivity index (χ0v) is 17.3. The topological polar surface area (TPSA) is 130 Å². The van der Waals surface area contributed by atoms with Gasteiger partial charge in [-0.15, -0.1) is 0 Å². The molecule has 1 fully saturated rings. The highest BCUT2D eigenvalue weighted by molar-refractivity contribution is 6.03. The molecule has 1 atom stereocenters. The number of benzene rings is 2. The van der Waals surface area contributed by atoms with E-state index in [9.17, 15) is 19.5 Å². The summed E-state index contributed by atoms with van der Waals surface area (Å²) in [4.78, 5) is 39.6. The normalized spacial score (nSPS) is 18.0. The first kappa shape index (κ1) is 21.1. The number of carboxylic acid groups (broad SMARTS) is 1. The SMILES string of the molecule is Cc1cc(COc2ccc(CC3(NC(=O)O)CNC(=O)NC3=O)cc2)c2ccccc2n1. The van der Waals surface area contributed by atoms with Crippen LogP contribution >= 0.6 is 0 Å². The van der Waals surface area contributed by atoms with Crippen molar-refractivity contribution in [3.8, 4) is 5.75 Å². The molecule has 0 saturated carbocycles. The van der Waals surface area contributed by atoms with Crippen LogP contribution in [0.5, 0.6) is 5.75 Å². The Morgan fingerprint density at radius 2 is 1.94 bits per heavy atom. The number of hydrogen-bond acceptors (Lipinski definition) is 5. The fraction of sp³-hybridized carbons (Fsp3) is 0.217. The van der Waals surface area contributed by atoms with E-state index in [0.29, 0.717) is 17.9 Å². The van der Waals surface area contributed by atoms with Gasteiger partial charge < -0.3 is 20.5 Å². The Hall–Kier alpha value is -4.14. The standard InChI is InChI=1S/C23H22N4O5/c1-14-10-16(18-4-2-3-5-19(18)25-14)12-32-17-8-6-15(7-9-17)11-23(27-22(30)31)13-24-21(29)26-20(23)28/h2-10,27H,11-13H2,1H3,(H,30,31)(H2,24,26,28,29). The lowest BCUT2D eigenvalue weighted by Crippen LogP contribution is -2.71. The summed E-state index contributed by atoms with van der Waals surface area (Å²) in [5.74, 6) is -0.0575. The van der Waals surface area contributed by atoms with Gasteiger partial charge in [0.1, 0.15) is 17.9 Å². The fourth-order valence-electron chi connectivity index (χ4n) is 3.80. The molecule has 0 spiro atoms. The maximum Gasteiger partial charge on any atom is 0.405 e. The van der Waals surface area contributed by atoms with Gasteiger partial charge in [0.15, 0.2) is 0 Å². The largest absolute Gasteiger partial charge is 0.489 e. The van der Waals surface area contributed by atoms with Gasteiger partial charge in [-0.1, -0.05) is 30.3 Å². The van der Waals surface area contributed by atoms with Crippen molar-refractivity contribution in [2.45, 2.75) is 25.5 Å². The van der Waals surface area contributed by atoms with Gasteiger partial charge >= 0.3 is 12.1 Å². The van der Waals surface area contributed by atoms with E-state index in [1.165, 1.54) is 0 Å². The number of fused-ring (bicyclic) bond motifs is 1. The first-order valence-electron chi connectivity index (χ1n) is 10.0. The van der Waals surface area contributed by atoms with Crippen LogP contribution in [0, 0.1) is 6.92 Å². The molecule has 1 aliphatic heterocycles. The van der Waals surface area contributed by atoms with E-state index in [2.05, 4.69) is 20.9 Å². The van der Waals surface area contributed by atoms with Crippen molar-refractivity contribution in [2.75, 3.05) is 6.54 Å². The number of imide groups is 1. The van der Waals surface area contributed by atoms with E-state index in [1.807, 2.05) is 37.3 Å². The van der Waals surface area contributed by atoms with E-state index in [4.69, 9.17) is 4.74 Å². The van der Waals surface area contributed by atoms with Crippen LogP contribution in [0.1, 0.15) is 16.8 Å². The van der Waals surface area contributed by atoms with Crippen LogP contribution < -0.4 is 20.7 Å². The molecule has 0 bridgehead atoms. The van der Waals surface area contributed by atoms with Crippen molar-refractivity contribution in [1.29, 1.82) is 0 Å². The number of carbonyl (C=O) groups excluding carboxylic acids is 2. The first-order valence-corrected chi connectivity index (χ1v) is 10.0. The van der Waals surface area contributed by atoms with Gasteiger partial charge in [-0.2, -0.15) is 0 Å². The van der Waals surface area contributed by atoms with Gasteiger partial charge in [0, 0.05) is 23.1 Å². The third kappa shape index (κ3) is 4.46. The molecule has 1 unspecified atom stereocenters. The molecule has 32 heavy (non-hydrogen) atoms. The maximum atomic E-state index is 12.4. The summed E-state index contributed by atoms with van der Waals surface area (Å²) in [7, 11) is 0. The number of ether oxygens (including phenoxy) is 1. The Bertz CT molecular complexity index is 1190. The molecular weight excluding hydrogens is 412 g/mol. The molecule has 0 aliphatic carbocycles. The van der Waals surface area contributed by atoms with Gasteiger partial charge in [0.05, 0.1) is 12.1 Å². The monoisotopic (exact) mass is 434 g/mol. The van der Waals surface area contributed by atoms with Crippen LogP contribution in [0.15, 0.2) is 54.6 Å². The summed E-state index contributed by atoms with van der Waals surface area (Å²) in [6, 6.07) is 16.3. The molecular formula is C23H22N4O5. The van der Waals surface area contributed by atoms with Crippen molar-refractivity contribution in [2.24, 2.45) is 0 Å². The van der Waals surface area contributed by atoms with Crippen LogP contribution in [0.2, 0.25) is 0 Å². The lowest BCUT2D eigenvalue weighted by atomic mass is 9.88. The summed E-state index contributed by atoms with van der Waals surface area (Å²) in [6.07, 6.45) is -1.28. The summed E-state index contributed by atoms with van der Waals surface area (Å²) in [6.45, 7) is 2.16. The van der Waals surface area contributed by atoms with Crippen LogP contribution in [-0.2, 0) is 17.8 Å². The van der Waals surface area contributed by atoms with Crippen LogP contribution in [0.3, 0.4) is 0 Å². The van der Waals surface area contributed by atoms with Crippen molar-refractivity contribution >= 4 is 28.9 Å². The Kier molecular flexibility index (Phi) is 5.63. The van der Waals surface area contributed by atoms with Crippen molar-refractivity contribution < 1.29 is 24.2 Å². The average Bonchev–Trinajstić information content (AvgIpc) is 2.75. The number of aryl methyl sites for hydroxylation is 1. The number of carbonyl (C=O) groups is 3. The van der Waals surface area contributed by atoms with Crippen LogP contribution in [0.25, 0.3) is 10.9 Å². The number of rotatable bonds is 6. The van der Waals surface area contributed by atoms with Gasteiger partial charge in [0.2, 0.25) is 0 Å². The van der Waals surface area contributed by atoms with E-state index in [1.54, 1.807) is 24.3 Å². The van der Waals surface area contributed by atoms with E-state index < -0.39 is 23.6 Å². The predicted octanol–water partition coefficient (Wildman–Crippen LogP) is 2.51. The number of nitrogens with zero attached hydrogens (tertiary/aromatic N) is 1. The second kappa shape index (κ2) is 8.54. The molecule has 1 saturated heterocycles. The molecule has 1 aliphatic rings. The summed E-state index contributed by atoms with van der Waals surface area (Å²) >= 11 is 0. The Morgan fingerprint density at radius 3 is 2.66 bits per heavy atom. The molecule has 4 N–H and O–H groups in total. The third-order valence-electron chi connectivity index (χ3n) is 5.31. The van der Waals surface area contributed by atoms with Crippen LogP contribution in [-0.4, -0.2) is 40.2 Å². The summed E-state index contributed by atoms with van der Waals surface area (Å²) in [5, 5.41) is 17.1. The number of amides is 4. The highest BCUT2D eigenvalue weighted by Gasteiger charge is 2.44. The second-order valence-electron chi connectivity index (χ2n) is 7.70. The minimum absolute atomic E-state index is 0.0693. The highest BCUT2D eigenvalue weighted by atomic mass is 16.5. The number of pyridine rings is 1. The number of urea groups is 1. The number of aromatic nitrogens is 1. The molecule has 164 valence electrons. The lowest BCUT2D eigenvalue weighted by Gasteiger charge is -2.35. The molecule has 0 radical (unpaired) electrons. The summed E-state index contributed by atoms with van der Waals surface area (Å²) < 4.78 is 5.95. The van der Waals surface area contributed by atoms with Crippen molar-refractivity contribution in [3.05, 3.63) is 71.4 Å². The molecule has 1 aromatic heterocycles. The first-order chi connectivity index (χ1) is 15.3. The zero-order valence-electron chi connectivity index (χ0n) is 17.3. The van der Waals surface area contributed by atoms with Gasteiger partial charge in [-0.25, -0.2) is 9.59 Å². The van der Waals surface area contributed by atoms with Crippen molar-refractivity contribution in [1.82, 2.24) is 20.9 Å². The number of hydrogen-bond donors (Lipinski definition) is 4. The zero-order chi connectivity index (χ0) is 22.7. The molecule has 4 rings (SSSR count). The fourth-order valence-corrected chi connectivity index (χ4v) is 3.80. The van der Waals surface area contributed by atoms with E-state index in [0.717, 1.165) is 22.2 Å². The minimum Gasteiger partial charge on any atom is -0.489 e. The van der Waals surface area contributed by atoms with Gasteiger partial charge in [0.25, 0.3) is 5.91 Å². The predicted molar refractivity (Wildman–Crippen MR) is 116 cm³/mol. The Morgan fingerprint density at radius 1 is 1.19 bits per heavy atom. The van der Waals surface area contributed by atoms with Crippen LogP contribution in [0.4, 0.5) is 9.59 Å². The van der Waals surface area contributed by atoms with E-state index in [-0.39, 0.29) is 13.0 Å². The van der Waals surface area contributed by atoms with Crippen molar-refractivity contribution in [3.63, 3.8) is 0 Å². The minimum atomic E-state index is -1.49. The number of para-hydroxylation sites is 1. The number of nitrogens with one attached hydrogen (secondary N) is 3. The van der Waals surface area contributed by atoms with E-state index >= 15 is 0 Å². The molecule has 4 amide bonds. The maximum absolute atomic E-state index is 12.4. The molecule has 9 heteroatoms. The molecule has 2 heterocycles. The quantitative estimate of drug-likeness (QED) is 0.472. The Balaban J connectivity index is 1.48. The van der Waals surface area contributed by atoms with Gasteiger partial charge in [-0.3, -0.25) is 15.1 Å². The highest BCUT2D eigenvalue weighted by Crippen LogP contribution is 2.22. The Labute approximate surface area is 183 Å².